The van der Waals surface area contributed by atoms with Crippen LogP contribution >= 0.6 is 0 Å². The van der Waals surface area contributed by atoms with E-state index in [1.165, 1.54) is 5.57 Å². The second-order valence-electron chi connectivity index (χ2n) is 4.13. The first kappa shape index (κ1) is 8.77. The van der Waals surface area contributed by atoms with E-state index in [1.807, 2.05) is 12.3 Å². The van der Waals surface area contributed by atoms with Crippen molar-refractivity contribution in [3.63, 3.8) is 0 Å². The lowest BCUT2D eigenvalue weighted by Crippen LogP contribution is -2.13. The average molecular weight is 203 g/mol. The molecule has 2 atom stereocenters. The van der Waals surface area contributed by atoms with Gasteiger partial charge < -0.3 is 10.1 Å². The van der Waals surface area contributed by atoms with Crippen molar-refractivity contribution in [3.8, 4) is 0 Å². The molecule has 0 spiro atoms. The molecule has 0 amide bonds. The van der Waals surface area contributed by atoms with Crippen molar-refractivity contribution in [1.82, 2.24) is 5.32 Å². The van der Waals surface area contributed by atoms with Crippen molar-refractivity contribution >= 4 is 6.29 Å². The molecule has 2 unspecified atom stereocenters. The van der Waals surface area contributed by atoms with E-state index < -0.39 is 6.10 Å². The molecule has 3 nitrogen and oxygen atoms in total. The molecule has 1 aliphatic carbocycles. The maximum atomic E-state index is 10.9. The minimum atomic E-state index is -0.397. The van der Waals surface area contributed by atoms with Gasteiger partial charge in [-0.3, -0.25) is 4.79 Å². The highest BCUT2D eigenvalue weighted by Crippen LogP contribution is 2.41. The van der Waals surface area contributed by atoms with Crippen LogP contribution in [0.25, 0.3) is 0 Å². The van der Waals surface area contributed by atoms with Crippen LogP contribution in [-0.2, 0) is 9.53 Å². The van der Waals surface area contributed by atoms with E-state index in [0.29, 0.717) is 5.92 Å². The smallest absolute Gasteiger partial charge is 0.180 e. The van der Waals surface area contributed by atoms with Gasteiger partial charge >= 0.3 is 0 Å². The van der Waals surface area contributed by atoms with E-state index >= 15 is 0 Å². The van der Waals surface area contributed by atoms with Crippen molar-refractivity contribution < 1.29 is 9.53 Å². The molecule has 0 aromatic heterocycles. The maximum absolute atomic E-state index is 10.9. The number of carbonyl (C=O) groups is 1. The van der Waals surface area contributed by atoms with Gasteiger partial charge in [-0.2, -0.15) is 0 Å². The van der Waals surface area contributed by atoms with Crippen molar-refractivity contribution in [1.29, 1.82) is 0 Å². The Morgan fingerprint density at radius 1 is 1.53 bits per heavy atom. The van der Waals surface area contributed by atoms with Crippen LogP contribution in [-0.4, -0.2) is 18.9 Å². The third-order valence-electron chi connectivity index (χ3n) is 3.25. The molecule has 0 fully saturated rings. The van der Waals surface area contributed by atoms with E-state index in [9.17, 15) is 4.79 Å². The first-order chi connectivity index (χ1) is 7.40. The summed E-state index contributed by atoms with van der Waals surface area (Å²) in [4.78, 5) is 10.9. The summed E-state index contributed by atoms with van der Waals surface area (Å²) in [5.74, 6) is 1.43. The number of nitrogens with one attached hydrogen (secondary N) is 1. The summed E-state index contributed by atoms with van der Waals surface area (Å²) < 4.78 is 5.60. The summed E-state index contributed by atoms with van der Waals surface area (Å²) in [5.41, 5.74) is 2.28. The summed E-state index contributed by atoms with van der Waals surface area (Å²) in [6.45, 7) is 0.977. The lowest BCUT2D eigenvalue weighted by molar-refractivity contribution is -0.113. The van der Waals surface area contributed by atoms with Crippen molar-refractivity contribution in [2.45, 2.75) is 18.9 Å². The molecule has 0 aromatic carbocycles. The molecule has 0 bridgehead atoms. The topological polar surface area (TPSA) is 38.3 Å². The molecule has 2 heterocycles. The Balaban J connectivity index is 2.08. The third-order valence-corrected chi connectivity index (χ3v) is 3.25. The fraction of sp³-hybridized carbons (Fsp3) is 0.417. The zero-order chi connectivity index (χ0) is 10.3. The van der Waals surface area contributed by atoms with E-state index in [-0.39, 0.29) is 0 Å². The highest BCUT2D eigenvalue weighted by molar-refractivity contribution is 5.69. The van der Waals surface area contributed by atoms with Gasteiger partial charge in [0.2, 0.25) is 0 Å². The van der Waals surface area contributed by atoms with Crippen LogP contribution in [0.15, 0.2) is 35.3 Å². The highest BCUT2D eigenvalue weighted by atomic mass is 16.5. The van der Waals surface area contributed by atoms with Gasteiger partial charge in [0, 0.05) is 23.9 Å². The predicted molar refractivity (Wildman–Crippen MR) is 55.9 cm³/mol. The Morgan fingerprint density at radius 2 is 2.47 bits per heavy atom. The minimum absolute atomic E-state index is 0.397. The van der Waals surface area contributed by atoms with Gasteiger partial charge in [0.15, 0.2) is 12.4 Å². The molecule has 3 rings (SSSR count). The number of hydrogen-bond acceptors (Lipinski definition) is 3. The molecule has 0 saturated carbocycles. The molecule has 0 saturated heterocycles. The third kappa shape index (κ3) is 1.23. The van der Waals surface area contributed by atoms with Crippen LogP contribution in [0.4, 0.5) is 0 Å². The fourth-order valence-electron chi connectivity index (χ4n) is 2.55. The summed E-state index contributed by atoms with van der Waals surface area (Å²) in [5, 5.41) is 3.23. The van der Waals surface area contributed by atoms with Gasteiger partial charge in [0.25, 0.3) is 0 Å². The summed E-state index contributed by atoms with van der Waals surface area (Å²) in [7, 11) is 0. The highest BCUT2D eigenvalue weighted by Gasteiger charge is 2.36. The monoisotopic (exact) mass is 203 g/mol. The van der Waals surface area contributed by atoms with Crippen LogP contribution in [0.1, 0.15) is 12.8 Å². The Hall–Kier alpha value is -1.51. The normalized spacial score (nSPS) is 32.4. The van der Waals surface area contributed by atoms with Crippen LogP contribution < -0.4 is 5.32 Å². The van der Waals surface area contributed by atoms with Gasteiger partial charge in [0.1, 0.15) is 5.76 Å². The number of ether oxygens (including phenoxy) is 1. The largest absolute Gasteiger partial charge is 0.478 e. The number of rotatable bonds is 1. The zero-order valence-corrected chi connectivity index (χ0v) is 8.40. The summed E-state index contributed by atoms with van der Waals surface area (Å²) >= 11 is 0. The lowest BCUT2D eigenvalue weighted by atomic mass is 9.84. The van der Waals surface area contributed by atoms with Gasteiger partial charge in [-0.15, -0.1) is 0 Å². The zero-order valence-electron chi connectivity index (χ0n) is 8.40. The van der Waals surface area contributed by atoms with E-state index in [4.69, 9.17) is 4.74 Å². The van der Waals surface area contributed by atoms with Crippen molar-refractivity contribution in [2.75, 3.05) is 6.54 Å². The molecule has 1 N–H and O–H groups in total. The average Bonchev–Trinajstić information content (AvgIpc) is 2.47. The molecule has 15 heavy (non-hydrogen) atoms. The Morgan fingerprint density at radius 3 is 3.33 bits per heavy atom. The van der Waals surface area contributed by atoms with Gasteiger partial charge in [-0.05, 0) is 24.8 Å². The van der Waals surface area contributed by atoms with E-state index in [0.717, 1.165) is 37.0 Å². The number of allylic oxidation sites excluding steroid dienone is 2. The quantitative estimate of drug-likeness (QED) is 0.653. The Kier molecular flexibility index (Phi) is 1.91. The second kappa shape index (κ2) is 3.26. The van der Waals surface area contributed by atoms with Crippen molar-refractivity contribution in [3.05, 3.63) is 35.3 Å². The van der Waals surface area contributed by atoms with Gasteiger partial charge in [0.05, 0.1) is 0 Å². The first-order valence-electron chi connectivity index (χ1n) is 5.36. The molecule has 3 heteroatoms. The number of carbonyl (C=O) groups excluding carboxylic acids is 1. The number of hydrogen-bond donors (Lipinski definition) is 1. The van der Waals surface area contributed by atoms with E-state index in [1.54, 1.807) is 0 Å². The summed E-state index contributed by atoms with van der Waals surface area (Å²) in [6, 6.07) is 0. The van der Waals surface area contributed by atoms with Crippen LogP contribution in [0.5, 0.6) is 0 Å². The molecule has 0 aromatic rings. The minimum Gasteiger partial charge on any atom is -0.478 e. The predicted octanol–water partition coefficient (Wildman–Crippen LogP) is 1.29. The molecular weight excluding hydrogens is 190 g/mol. The molecule has 0 radical (unpaired) electrons. The van der Waals surface area contributed by atoms with Crippen LogP contribution in [0, 0.1) is 5.92 Å². The number of aldehydes is 1. The van der Waals surface area contributed by atoms with Crippen LogP contribution in [0.2, 0.25) is 0 Å². The molecule has 78 valence electrons. The SMILES string of the molecule is O=CC1OC2=C3C1=CNCCC3CC=C2. The first-order valence-corrected chi connectivity index (χ1v) is 5.36. The van der Waals surface area contributed by atoms with Gasteiger partial charge in [-0.25, -0.2) is 0 Å². The fourth-order valence-corrected chi connectivity index (χ4v) is 2.55. The van der Waals surface area contributed by atoms with E-state index in [2.05, 4.69) is 11.4 Å². The van der Waals surface area contributed by atoms with Gasteiger partial charge in [-0.1, -0.05) is 6.08 Å². The van der Waals surface area contributed by atoms with Crippen LogP contribution in [0.3, 0.4) is 0 Å². The Labute approximate surface area is 88.5 Å². The standard InChI is InChI=1S/C12H13NO2/c14-7-11-9-6-13-5-4-8-2-1-3-10(15-11)12(8)9/h1,3,6-8,11,13H,2,4-5H2. The molecule has 2 aliphatic heterocycles. The maximum Gasteiger partial charge on any atom is 0.180 e. The summed E-state index contributed by atoms with van der Waals surface area (Å²) in [6.07, 6.45) is 8.73. The molecular formula is C12H13NO2. The van der Waals surface area contributed by atoms with Crippen molar-refractivity contribution in [2.24, 2.45) is 5.92 Å². The molecule has 3 aliphatic rings. The lowest BCUT2D eigenvalue weighted by Gasteiger charge is -2.17. The Bertz CT molecular complexity index is 392. The second-order valence-corrected chi connectivity index (χ2v) is 4.13.